The lowest BCUT2D eigenvalue weighted by atomic mass is 10.1. The highest BCUT2D eigenvalue weighted by Crippen LogP contribution is 2.24. The summed E-state index contributed by atoms with van der Waals surface area (Å²) in [4.78, 5) is 15.1. The highest BCUT2D eigenvalue weighted by molar-refractivity contribution is 5.47. The smallest absolute Gasteiger partial charge is 0.278 e. The Hall–Kier alpha value is -2.21. The number of hydrogen-bond donors (Lipinski definition) is 1. The minimum atomic E-state index is -0.340. The molecular weight excluding hydrogens is 268 g/mol. The van der Waals surface area contributed by atoms with Gasteiger partial charge in [0.2, 0.25) is 0 Å². The van der Waals surface area contributed by atoms with Gasteiger partial charge in [-0.05, 0) is 38.8 Å². The van der Waals surface area contributed by atoms with E-state index in [0.29, 0.717) is 17.7 Å². The first-order valence-corrected chi connectivity index (χ1v) is 6.88. The number of nitro groups is 1. The predicted octanol–water partition coefficient (Wildman–Crippen LogP) is 2.35. The molecule has 0 aliphatic rings. The van der Waals surface area contributed by atoms with Crippen LogP contribution in [-0.2, 0) is 13.0 Å². The van der Waals surface area contributed by atoms with Crippen LogP contribution < -0.4 is 5.73 Å². The van der Waals surface area contributed by atoms with Gasteiger partial charge < -0.3 is 10.3 Å². The van der Waals surface area contributed by atoms with Crippen molar-refractivity contribution in [1.82, 2.24) is 9.55 Å². The summed E-state index contributed by atoms with van der Waals surface area (Å²) in [7, 11) is 0. The van der Waals surface area contributed by atoms with E-state index in [-0.39, 0.29) is 16.7 Å². The van der Waals surface area contributed by atoms with Gasteiger partial charge in [0.1, 0.15) is 0 Å². The molecule has 0 radical (unpaired) electrons. The Balaban J connectivity index is 2.26. The quantitative estimate of drug-likeness (QED) is 0.675. The molecule has 1 atom stereocenters. The van der Waals surface area contributed by atoms with Crippen molar-refractivity contribution in [2.45, 2.75) is 39.8 Å². The van der Waals surface area contributed by atoms with E-state index in [2.05, 4.69) is 4.98 Å². The molecule has 2 aromatic rings. The average molecular weight is 288 g/mol. The molecule has 0 aliphatic heterocycles. The van der Waals surface area contributed by atoms with E-state index >= 15 is 0 Å². The van der Waals surface area contributed by atoms with Crippen LogP contribution in [0, 0.1) is 24.0 Å². The van der Waals surface area contributed by atoms with Crippen LogP contribution in [0.4, 0.5) is 5.69 Å². The molecule has 0 amide bonds. The van der Waals surface area contributed by atoms with Gasteiger partial charge in [0, 0.05) is 30.2 Å². The van der Waals surface area contributed by atoms with Gasteiger partial charge in [-0.25, -0.2) is 0 Å². The molecule has 6 nitrogen and oxygen atoms in total. The number of nitrogens with zero attached hydrogens (tertiary/aromatic N) is 3. The minimum Gasteiger partial charge on any atom is -0.348 e. The van der Waals surface area contributed by atoms with Gasteiger partial charge in [0.05, 0.1) is 22.7 Å². The summed E-state index contributed by atoms with van der Waals surface area (Å²) in [6.07, 6.45) is 6.33. The van der Waals surface area contributed by atoms with Crippen molar-refractivity contribution in [2.24, 2.45) is 5.73 Å². The lowest BCUT2D eigenvalue weighted by Crippen LogP contribution is -2.17. The van der Waals surface area contributed by atoms with Crippen molar-refractivity contribution in [3.63, 3.8) is 0 Å². The van der Waals surface area contributed by atoms with E-state index in [1.165, 1.54) is 0 Å². The fourth-order valence-corrected chi connectivity index (χ4v) is 2.46. The van der Waals surface area contributed by atoms with E-state index in [9.17, 15) is 10.1 Å². The van der Waals surface area contributed by atoms with Crippen molar-refractivity contribution < 1.29 is 4.92 Å². The van der Waals surface area contributed by atoms with Crippen LogP contribution in [0.1, 0.15) is 29.3 Å². The second-order valence-corrected chi connectivity index (χ2v) is 5.49. The van der Waals surface area contributed by atoms with Crippen LogP contribution in [0.3, 0.4) is 0 Å². The Morgan fingerprint density at radius 1 is 1.48 bits per heavy atom. The van der Waals surface area contributed by atoms with Crippen LogP contribution in [0.25, 0.3) is 0 Å². The van der Waals surface area contributed by atoms with Crippen LogP contribution in [-0.4, -0.2) is 20.5 Å². The largest absolute Gasteiger partial charge is 0.348 e. The Bertz CT molecular complexity index is 662. The summed E-state index contributed by atoms with van der Waals surface area (Å²) in [6, 6.07) is 2.13. The normalized spacial score (nSPS) is 12.4. The second kappa shape index (κ2) is 6.05. The van der Waals surface area contributed by atoms with Crippen LogP contribution in [0.2, 0.25) is 0 Å². The molecule has 0 aliphatic carbocycles. The number of aryl methyl sites for hydroxylation is 1. The molecule has 0 fully saturated rings. The minimum absolute atomic E-state index is 0.112. The Morgan fingerprint density at radius 2 is 2.19 bits per heavy atom. The number of hydrogen-bond acceptors (Lipinski definition) is 4. The van der Waals surface area contributed by atoms with E-state index in [1.807, 2.05) is 30.0 Å². The third kappa shape index (κ3) is 3.46. The monoisotopic (exact) mass is 288 g/mol. The van der Waals surface area contributed by atoms with Crippen LogP contribution in [0.5, 0.6) is 0 Å². The molecule has 6 heteroatoms. The summed E-state index contributed by atoms with van der Waals surface area (Å²) < 4.78 is 1.98. The maximum Gasteiger partial charge on any atom is 0.278 e. The van der Waals surface area contributed by atoms with Gasteiger partial charge in [-0.1, -0.05) is 0 Å². The van der Waals surface area contributed by atoms with E-state index in [4.69, 9.17) is 5.73 Å². The zero-order valence-electron chi connectivity index (χ0n) is 12.5. The molecule has 0 saturated carbocycles. The van der Waals surface area contributed by atoms with Crippen molar-refractivity contribution in [1.29, 1.82) is 0 Å². The average Bonchev–Trinajstić information content (AvgIpc) is 2.79. The molecule has 0 bridgehead atoms. The fourth-order valence-electron chi connectivity index (χ4n) is 2.46. The molecule has 0 spiro atoms. The lowest BCUT2D eigenvalue weighted by molar-refractivity contribution is -0.386. The predicted molar refractivity (Wildman–Crippen MR) is 81.3 cm³/mol. The fraction of sp³-hybridized carbons (Fsp3) is 0.400. The van der Waals surface area contributed by atoms with Gasteiger partial charge in [-0.15, -0.1) is 0 Å². The van der Waals surface area contributed by atoms with E-state index in [0.717, 1.165) is 17.7 Å². The SMILES string of the molecule is Cc1cnc(Cn2ccc(CC(C)N)c2)c(C)c1[N+](=O)[O-]. The van der Waals surface area contributed by atoms with Crippen molar-refractivity contribution >= 4 is 5.69 Å². The zero-order chi connectivity index (χ0) is 15.6. The standard InChI is InChI=1S/C15H20N4O2/c1-10-7-17-14(12(3)15(10)19(20)21)9-18-5-4-13(8-18)6-11(2)16/h4-5,7-8,11H,6,9,16H2,1-3H3. The summed E-state index contributed by atoms with van der Waals surface area (Å²) in [6.45, 7) is 5.94. The van der Waals surface area contributed by atoms with E-state index in [1.54, 1.807) is 20.0 Å². The van der Waals surface area contributed by atoms with Gasteiger partial charge >= 0.3 is 0 Å². The summed E-state index contributed by atoms with van der Waals surface area (Å²) >= 11 is 0. The van der Waals surface area contributed by atoms with Crippen molar-refractivity contribution in [3.05, 3.63) is 57.2 Å². The first kappa shape index (κ1) is 15.2. The maximum atomic E-state index is 11.1. The van der Waals surface area contributed by atoms with E-state index < -0.39 is 0 Å². The number of rotatable bonds is 5. The molecule has 112 valence electrons. The third-order valence-electron chi connectivity index (χ3n) is 3.46. The number of pyridine rings is 1. The summed E-state index contributed by atoms with van der Waals surface area (Å²) in [5.74, 6) is 0. The second-order valence-electron chi connectivity index (χ2n) is 5.49. The first-order chi connectivity index (χ1) is 9.88. The Morgan fingerprint density at radius 3 is 2.81 bits per heavy atom. The molecular formula is C15H20N4O2. The van der Waals surface area contributed by atoms with Crippen molar-refractivity contribution in [3.8, 4) is 0 Å². The van der Waals surface area contributed by atoms with Crippen LogP contribution >= 0.6 is 0 Å². The number of aromatic nitrogens is 2. The molecule has 0 saturated heterocycles. The van der Waals surface area contributed by atoms with Gasteiger partial charge in [0.15, 0.2) is 0 Å². The first-order valence-electron chi connectivity index (χ1n) is 6.88. The highest BCUT2D eigenvalue weighted by Gasteiger charge is 2.18. The lowest BCUT2D eigenvalue weighted by Gasteiger charge is -2.08. The summed E-state index contributed by atoms with van der Waals surface area (Å²) in [5, 5.41) is 11.1. The number of nitrogens with two attached hydrogens (primary N) is 1. The molecule has 2 rings (SSSR count). The van der Waals surface area contributed by atoms with Gasteiger partial charge in [-0.2, -0.15) is 0 Å². The molecule has 1 unspecified atom stereocenters. The Kier molecular flexibility index (Phi) is 4.37. The maximum absolute atomic E-state index is 11.1. The topological polar surface area (TPSA) is 87.0 Å². The van der Waals surface area contributed by atoms with Crippen molar-refractivity contribution in [2.75, 3.05) is 0 Å². The van der Waals surface area contributed by atoms with Crippen LogP contribution in [0.15, 0.2) is 24.7 Å². The zero-order valence-corrected chi connectivity index (χ0v) is 12.5. The molecule has 2 heterocycles. The molecule has 0 aromatic carbocycles. The molecule has 2 N–H and O–H groups in total. The molecule has 21 heavy (non-hydrogen) atoms. The Labute approximate surface area is 123 Å². The van der Waals surface area contributed by atoms with Gasteiger partial charge in [-0.3, -0.25) is 15.1 Å². The highest BCUT2D eigenvalue weighted by atomic mass is 16.6. The van der Waals surface area contributed by atoms with Gasteiger partial charge in [0.25, 0.3) is 5.69 Å². The third-order valence-corrected chi connectivity index (χ3v) is 3.46. The summed E-state index contributed by atoms with van der Waals surface area (Å²) in [5.41, 5.74) is 9.03. The molecule has 2 aromatic heterocycles.